The molecule has 6 nitrogen and oxygen atoms in total. The monoisotopic (exact) mass is 453 g/mol. The topological polar surface area (TPSA) is 54.3 Å². The van der Waals surface area contributed by atoms with Gasteiger partial charge in [-0.25, -0.2) is 4.98 Å². The fraction of sp³-hybridized carbons (Fsp3) is 0.321. The Bertz CT molecular complexity index is 1290. The Balaban J connectivity index is 1.34. The molecule has 6 heteroatoms. The van der Waals surface area contributed by atoms with Crippen molar-refractivity contribution in [3.05, 3.63) is 95.7 Å². The van der Waals surface area contributed by atoms with Gasteiger partial charge in [0, 0.05) is 62.3 Å². The Morgan fingerprint density at radius 1 is 1.00 bits per heavy atom. The van der Waals surface area contributed by atoms with Crippen LogP contribution in [0.15, 0.2) is 73.2 Å². The maximum absolute atomic E-state index is 13.6. The fourth-order valence-corrected chi connectivity index (χ4v) is 4.99. The largest absolute Gasteiger partial charge is 0.337 e. The predicted molar refractivity (Wildman–Crippen MR) is 135 cm³/mol. The summed E-state index contributed by atoms with van der Waals surface area (Å²) < 4.78 is 2.10. The molecule has 5 rings (SSSR count). The van der Waals surface area contributed by atoms with E-state index in [9.17, 15) is 4.79 Å². The van der Waals surface area contributed by atoms with Gasteiger partial charge in [0.05, 0.1) is 5.52 Å². The molecule has 1 fully saturated rings. The molecule has 1 atom stereocenters. The Kier molecular flexibility index (Phi) is 6.41. The molecule has 0 spiro atoms. The molecule has 0 aliphatic carbocycles. The average Bonchev–Trinajstić information content (AvgIpc) is 3.15. The van der Waals surface area contributed by atoms with Gasteiger partial charge in [-0.3, -0.25) is 9.78 Å². The summed E-state index contributed by atoms with van der Waals surface area (Å²) in [5.74, 6) is 1.43. The summed E-state index contributed by atoms with van der Waals surface area (Å²) >= 11 is 0. The summed E-state index contributed by atoms with van der Waals surface area (Å²) in [6.45, 7) is 6.04. The van der Waals surface area contributed by atoms with Crippen LogP contribution in [0.2, 0.25) is 0 Å². The Hall–Kier alpha value is -3.51. The zero-order valence-electron chi connectivity index (χ0n) is 19.9. The summed E-state index contributed by atoms with van der Waals surface area (Å²) in [5, 5.41) is 1.17. The van der Waals surface area contributed by atoms with Crippen LogP contribution in [0.1, 0.15) is 27.3 Å². The standard InChI is InChI=1S/C28H31N5O/c1-21-29-12-13-32(21)19-22-6-3-9-26(16-22)28(34)33-15-14-31(2)18-23(20-33)17-25-8-4-7-24-10-5-11-30-27(24)25/h3-13,16,23H,14-15,17-20H2,1-2H3/t23-/m0/s1. The summed E-state index contributed by atoms with van der Waals surface area (Å²) in [5.41, 5.74) is 4.18. The molecule has 0 saturated carbocycles. The van der Waals surface area contributed by atoms with Crippen LogP contribution in [0, 0.1) is 12.8 Å². The summed E-state index contributed by atoms with van der Waals surface area (Å²) in [6, 6.07) is 18.5. The van der Waals surface area contributed by atoms with E-state index in [1.54, 1.807) is 0 Å². The lowest BCUT2D eigenvalue weighted by atomic mass is 9.96. The molecule has 1 saturated heterocycles. The third kappa shape index (κ3) is 4.87. The highest BCUT2D eigenvalue weighted by Crippen LogP contribution is 2.22. The van der Waals surface area contributed by atoms with Gasteiger partial charge < -0.3 is 14.4 Å². The molecule has 1 amide bonds. The maximum Gasteiger partial charge on any atom is 0.253 e. The van der Waals surface area contributed by atoms with Crippen LogP contribution in [0.25, 0.3) is 10.9 Å². The SMILES string of the molecule is Cc1nccn1Cc1cccc(C(=O)N2CCN(C)C[C@H](Cc3cccc4cccnc34)C2)c1. The van der Waals surface area contributed by atoms with Crippen LogP contribution in [0.4, 0.5) is 0 Å². The lowest BCUT2D eigenvalue weighted by Gasteiger charge is -2.25. The van der Waals surface area contributed by atoms with E-state index in [-0.39, 0.29) is 5.91 Å². The number of aryl methyl sites for hydroxylation is 1. The number of nitrogens with zero attached hydrogens (tertiary/aromatic N) is 5. The van der Waals surface area contributed by atoms with Crippen molar-refractivity contribution >= 4 is 16.8 Å². The van der Waals surface area contributed by atoms with E-state index in [2.05, 4.69) is 56.8 Å². The lowest BCUT2D eigenvalue weighted by molar-refractivity contribution is 0.0746. The second-order valence-corrected chi connectivity index (χ2v) is 9.38. The van der Waals surface area contributed by atoms with Crippen molar-refractivity contribution in [2.75, 3.05) is 33.2 Å². The minimum Gasteiger partial charge on any atom is -0.337 e. The summed E-state index contributed by atoms with van der Waals surface area (Å²) in [7, 11) is 2.15. The number of rotatable bonds is 5. The van der Waals surface area contributed by atoms with Gasteiger partial charge in [0.25, 0.3) is 5.91 Å². The van der Waals surface area contributed by atoms with Crippen molar-refractivity contribution in [2.24, 2.45) is 5.92 Å². The third-order valence-electron chi connectivity index (χ3n) is 6.76. The minimum absolute atomic E-state index is 0.112. The summed E-state index contributed by atoms with van der Waals surface area (Å²) in [6.07, 6.45) is 6.55. The molecule has 1 aliphatic rings. The van der Waals surface area contributed by atoms with Crippen molar-refractivity contribution in [3.8, 4) is 0 Å². The molecule has 4 aromatic rings. The molecule has 0 bridgehead atoms. The molecular weight excluding hydrogens is 422 g/mol. The molecule has 0 N–H and O–H groups in total. The second kappa shape index (κ2) is 9.77. The second-order valence-electron chi connectivity index (χ2n) is 9.38. The molecule has 2 aromatic heterocycles. The van der Waals surface area contributed by atoms with Gasteiger partial charge in [0.15, 0.2) is 0 Å². The number of pyridine rings is 1. The number of fused-ring (bicyclic) bond motifs is 1. The quantitative estimate of drug-likeness (QED) is 0.458. The van der Waals surface area contributed by atoms with Gasteiger partial charge in [0.1, 0.15) is 5.82 Å². The molecule has 0 unspecified atom stereocenters. The number of likely N-dealkylation sites (N-methyl/N-ethyl adjacent to an activating group) is 1. The first-order valence-electron chi connectivity index (χ1n) is 11.9. The van der Waals surface area contributed by atoms with E-state index in [0.29, 0.717) is 12.5 Å². The molecular formula is C28H31N5O. The number of amides is 1. The first-order chi connectivity index (χ1) is 16.6. The average molecular weight is 454 g/mol. The van der Waals surface area contributed by atoms with Gasteiger partial charge in [-0.15, -0.1) is 0 Å². The Morgan fingerprint density at radius 2 is 1.85 bits per heavy atom. The maximum atomic E-state index is 13.6. The number of carbonyl (C=O) groups is 1. The molecule has 174 valence electrons. The minimum atomic E-state index is 0.112. The fourth-order valence-electron chi connectivity index (χ4n) is 4.99. The van der Waals surface area contributed by atoms with E-state index in [1.165, 1.54) is 10.9 Å². The number of para-hydroxylation sites is 1. The van der Waals surface area contributed by atoms with Crippen molar-refractivity contribution in [1.29, 1.82) is 0 Å². The smallest absolute Gasteiger partial charge is 0.253 e. The van der Waals surface area contributed by atoms with Crippen molar-refractivity contribution in [1.82, 2.24) is 24.3 Å². The van der Waals surface area contributed by atoms with Crippen molar-refractivity contribution in [2.45, 2.75) is 19.9 Å². The number of aromatic nitrogens is 3. The Morgan fingerprint density at radius 3 is 2.71 bits per heavy atom. The van der Waals surface area contributed by atoms with Crippen LogP contribution in [0.5, 0.6) is 0 Å². The van der Waals surface area contributed by atoms with Crippen molar-refractivity contribution in [3.63, 3.8) is 0 Å². The molecule has 1 aliphatic heterocycles. The van der Waals surface area contributed by atoms with Gasteiger partial charge in [0.2, 0.25) is 0 Å². The van der Waals surface area contributed by atoms with E-state index < -0.39 is 0 Å². The van der Waals surface area contributed by atoms with E-state index in [4.69, 9.17) is 0 Å². The molecule has 2 aromatic carbocycles. The highest BCUT2D eigenvalue weighted by Gasteiger charge is 2.26. The zero-order chi connectivity index (χ0) is 23.5. The van der Waals surface area contributed by atoms with Crippen molar-refractivity contribution < 1.29 is 4.79 Å². The van der Waals surface area contributed by atoms with Crippen LogP contribution in [0.3, 0.4) is 0 Å². The van der Waals surface area contributed by atoms with E-state index in [0.717, 1.165) is 55.1 Å². The van der Waals surface area contributed by atoms with E-state index in [1.807, 2.05) is 54.7 Å². The first kappa shape index (κ1) is 22.3. The highest BCUT2D eigenvalue weighted by atomic mass is 16.2. The zero-order valence-corrected chi connectivity index (χ0v) is 19.9. The van der Waals surface area contributed by atoms with Crippen LogP contribution < -0.4 is 0 Å². The first-order valence-corrected chi connectivity index (χ1v) is 11.9. The number of hydrogen-bond acceptors (Lipinski definition) is 4. The molecule has 3 heterocycles. The van der Waals surface area contributed by atoms with Gasteiger partial charge in [-0.2, -0.15) is 0 Å². The van der Waals surface area contributed by atoms with Crippen LogP contribution >= 0.6 is 0 Å². The van der Waals surface area contributed by atoms with Crippen LogP contribution in [-0.2, 0) is 13.0 Å². The molecule has 0 radical (unpaired) electrons. The number of hydrogen-bond donors (Lipinski definition) is 0. The molecule has 34 heavy (non-hydrogen) atoms. The number of imidazole rings is 1. The van der Waals surface area contributed by atoms with E-state index >= 15 is 0 Å². The third-order valence-corrected chi connectivity index (χ3v) is 6.76. The predicted octanol–water partition coefficient (Wildman–Crippen LogP) is 4.03. The summed E-state index contributed by atoms with van der Waals surface area (Å²) in [4.78, 5) is 26.9. The Labute approximate surface area is 200 Å². The van der Waals surface area contributed by atoms with Crippen LogP contribution in [-0.4, -0.2) is 63.5 Å². The highest BCUT2D eigenvalue weighted by molar-refractivity contribution is 5.94. The normalized spacial score (nSPS) is 17.1. The van der Waals surface area contributed by atoms with Gasteiger partial charge in [-0.1, -0.05) is 36.4 Å². The number of benzene rings is 2. The number of carbonyl (C=O) groups excluding carboxylic acids is 1. The lowest BCUT2D eigenvalue weighted by Crippen LogP contribution is -2.36. The van der Waals surface area contributed by atoms with Gasteiger partial charge >= 0.3 is 0 Å². The van der Waals surface area contributed by atoms with Gasteiger partial charge in [-0.05, 0) is 55.6 Å².